The Hall–Kier alpha value is -0.710. The zero-order valence-corrected chi connectivity index (χ0v) is 11.7. The Balaban J connectivity index is 2.37. The quantitative estimate of drug-likeness (QED) is 0.936. The fraction of sp³-hybridized carbons (Fsp3) is 0.250. The third kappa shape index (κ3) is 2.51. The number of nitrogens with one attached hydrogen (secondary N) is 1. The van der Waals surface area contributed by atoms with Crippen LogP contribution in [0.4, 0.5) is 0 Å². The molecule has 4 heteroatoms. The molecule has 0 saturated carbocycles. The molecule has 84 valence electrons. The highest BCUT2D eigenvalue weighted by atomic mass is 79.9. The third-order valence-electron chi connectivity index (χ3n) is 2.30. The lowest BCUT2D eigenvalue weighted by atomic mass is 10.2. The number of hydrogen-bond acceptors (Lipinski definition) is 3. The van der Waals surface area contributed by atoms with E-state index in [0.29, 0.717) is 0 Å². The summed E-state index contributed by atoms with van der Waals surface area (Å²) in [5.41, 5.74) is 2.29. The van der Waals surface area contributed by atoms with Gasteiger partial charge in [0.05, 0.1) is 5.69 Å². The molecule has 1 aromatic carbocycles. The van der Waals surface area contributed by atoms with Gasteiger partial charge in [0, 0.05) is 21.5 Å². The summed E-state index contributed by atoms with van der Waals surface area (Å²) in [5, 5.41) is 4.25. The van der Waals surface area contributed by atoms with Crippen LogP contribution in [0.25, 0.3) is 10.6 Å². The molecule has 2 aromatic rings. The van der Waals surface area contributed by atoms with Crippen LogP contribution in [0.1, 0.15) is 10.6 Å². The predicted octanol–water partition coefficient (Wildman–Crippen LogP) is 3.60. The van der Waals surface area contributed by atoms with Gasteiger partial charge < -0.3 is 5.32 Å². The average molecular weight is 297 g/mol. The minimum absolute atomic E-state index is 0.886. The van der Waals surface area contributed by atoms with Gasteiger partial charge in [-0.15, -0.1) is 11.3 Å². The lowest BCUT2D eigenvalue weighted by molar-refractivity contribution is 0.823. The van der Waals surface area contributed by atoms with Crippen molar-refractivity contribution in [3.63, 3.8) is 0 Å². The van der Waals surface area contributed by atoms with Crippen molar-refractivity contribution >= 4 is 27.3 Å². The molecule has 0 saturated heterocycles. The zero-order chi connectivity index (χ0) is 11.5. The van der Waals surface area contributed by atoms with Gasteiger partial charge >= 0.3 is 0 Å². The minimum Gasteiger partial charge on any atom is -0.315 e. The molecule has 0 fully saturated rings. The molecular formula is C12H13BrN2S. The second kappa shape index (κ2) is 5.08. The first-order chi connectivity index (χ1) is 7.70. The summed E-state index contributed by atoms with van der Waals surface area (Å²) in [6.45, 7) is 2.95. The van der Waals surface area contributed by atoms with Gasteiger partial charge in [0.25, 0.3) is 0 Å². The molecule has 0 spiro atoms. The number of aromatic nitrogens is 1. The summed E-state index contributed by atoms with van der Waals surface area (Å²) in [5.74, 6) is 0. The largest absolute Gasteiger partial charge is 0.315 e. The van der Waals surface area contributed by atoms with Crippen LogP contribution in [-0.4, -0.2) is 12.0 Å². The molecule has 0 radical (unpaired) electrons. The lowest BCUT2D eigenvalue weighted by Crippen LogP contribution is -2.04. The van der Waals surface area contributed by atoms with Gasteiger partial charge in [0.2, 0.25) is 0 Å². The van der Waals surface area contributed by atoms with E-state index >= 15 is 0 Å². The molecule has 16 heavy (non-hydrogen) atoms. The van der Waals surface area contributed by atoms with E-state index in [0.717, 1.165) is 21.7 Å². The van der Waals surface area contributed by atoms with E-state index in [1.807, 2.05) is 19.2 Å². The lowest BCUT2D eigenvalue weighted by Gasteiger charge is -1.96. The molecule has 2 nitrogen and oxygen atoms in total. The Kier molecular flexibility index (Phi) is 3.74. The molecule has 0 bridgehead atoms. The maximum Gasteiger partial charge on any atom is 0.123 e. The summed E-state index contributed by atoms with van der Waals surface area (Å²) in [4.78, 5) is 5.90. The molecule has 0 aliphatic rings. The fourth-order valence-corrected chi connectivity index (χ4v) is 2.97. The van der Waals surface area contributed by atoms with Crippen molar-refractivity contribution in [1.29, 1.82) is 0 Å². The highest BCUT2D eigenvalue weighted by Crippen LogP contribution is 2.29. The standard InChI is InChI=1S/C12H13BrN2S/c1-8-11(7-14-2)16-12(15-8)9-4-3-5-10(13)6-9/h3-6,14H,7H2,1-2H3. The van der Waals surface area contributed by atoms with Gasteiger partial charge in [-0.2, -0.15) is 0 Å². The SMILES string of the molecule is CNCc1sc(-c2cccc(Br)c2)nc1C. The first-order valence-electron chi connectivity index (χ1n) is 5.07. The third-order valence-corrected chi connectivity index (χ3v) is 4.00. The first kappa shape index (κ1) is 11.8. The first-order valence-corrected chi connectivity index (χ1v) is 6.68. The maximum absolute atomic E-state index is 4.60. The second-order valence-electron chi connectivity index (χ2n) is 3.57. The van der Waals surface area contributed by atoms with Crippen LogP contribution in [0, 0.1) is 6.92 Å². The van der Waals surface area contributed by atoms with Crippen LogP contribution >= 0.6 is 27.3 Å². The van der Waals surface area contributed by atoms with Crippen molar-refractivity contribution in [1.82, 2.24) is 10.3 Å². The molecule has 0 aliphatic heterocycles. The van der Waals surface area contributed by atoms with Crippen LogP contribution < -0.4 is 5.32 Å². The molecule has 0 amide bonds. The Bertz CT molecular complexity index is 494. The number of aryl methyl sites for hydroxylation is 1. The van der Waals surface area contributed by atoms with E-state index in [4.69, 9.17) is 0 Å². The van der Waals surface area contributed by atoms with Crippen molar-refractivity contribution in [2.24, 2.45) is 0 Å². The van der Waals surface area contributed by atoms with Crippen molar-refractivity contribution in [2.45, 2.75) is 13.5 Å². The van der Waals surface area contributed by atoms with Crippen molar-refractivity contribution in [3.05, 3.63) is 39.3 Å². The maximum atomic E-state index is 4.60. The molecule has 0 aliphatic carbocycles. The normalized spacial score (nSPS) is 10.7. The summed E-state index contributed by atoms with van der Waals surface area (Å²) in [6.07, 6.45) is 0. The van der Waals surface area contributed by atoms with E-state index in [1.54, 1.807) is 11.3 Å². The topological polar surface area (TPSA) is 24.9 Å². The molecule has 0 unspecified atom stereocenters. The summed E-state index contributed by atoms with van der Waals surface area (Å²) in [6, 6.07) is 8.25. The van der Waals surface area contributed by atoms with Crippen molar-refractivity contribution < 1.29 is 0 Å². The Morgan fingerprint density at radius 3 is 2.94 bits per heavy atom. The van der Waals surface area contributed by atoms with Crippen LogP contribution in [-0.2, 0) is 6.54 Å². The molecule has 1 N–H and O–H groups in total. The average Bonchev–Trinajstić information content (AvgIpc) is 2.61. The van der Waals surface area contributed by atoms with Crippen molar-refractivity contribution in [3.8, 4) is 10.6 Å². The molecular weight excluding hydrogens is 284 g/mol. The monoisotopic (exact) mass is 296 g/mol. The van der Waals surface area contributed by atoms with Crippen LogP contribution in [0.2, 0.25) is 0 Å². The smallest absolute Gasteiger partial charge is 0.123 e. The van der Waals surface area contributed by atoms with E-state index in [-0.39, 0.29) is 0 Å². The van der Waals surface area contributed by atoms with Gasteiger partial charge in [-0.3, -0.25) is 0 Å². The van der Waals surface area contributed by atoms with E-state index in [2.05, 4.69) is 45.3 Å². The van der Waals surface area contributed by atoms with Crippen LogP contribution in [0.5, 0.6) is 0 Å². The Labute approximate surface area is 108 Å². The van der Waals surface area contributed by atoms with E-state index in [1.165, 1.54) is 10.4 Å². The van der Waals surface area contributed by atoms with Gasteiger partial charge in [-0.1, -0.05) is 28.1 Å². The number of thiazole rings is 1. The Morgan fingerprint density at radius 1 is 1.44 bits per heavy atom. The van der Waals surface area contributed by atoms with Gasteiger partial charge in [-0.05, 0) is 26.1 Å². The molecule has 1 heterocycles. The van der Waals surface area contributed by atoms with E-state index in [9.17, 15) is 0 Å². The Morgan fingerprint density at radius 2 is 2.25 bits per heavy atom. The van der Waals surface area contributed by atoms with Gasteiger partial charge in [0.1, 0.15) is 5.01 Å². The van der Waals surface area contributed by atoms with Gasteiger partial charge in [-0.25, -0.2) is 4.98 Å². The predicted molar refractivity (Wildman–Crippen MR) is 72.8 cm³/mol. The zero-order valence-electron chi connectivity index (χ0n) is 9.25. The van der Waals surface area contributed by atoms with Crippen LogP contribution in [0.3, 0.4) is 0 Å². The summed E-state index contributed by atoms with van der Waals surface area (Å²) in [7, 11) is 1.96. The second-order valence-corrected chi connectivity index (χ2v) is 5.57. The highest BCUT2D eigenvalue weighted by Gasteiger charge is 2.08. The van der Waals surface area contributed by atoms with E-state index < -0.39 is 0 Å². The molecule has 2 rings (SSSR count). The van der Waals surface area contributed by atoms with Crippen LogP contribution in [0.15, 0.2) is 28.7 Å². The van der Waals surface area contributed by atoms with Gasteiger partial charge in [0.15, 0.2) is 0 Å². The summed E-state index contributed by atoms with van der Waals surface area (Å²) < 4.78 is 1.09. The number of benzene rings is 1. The fourth-order valence-electron chi connectivity index (χ4n) is 1.50. The van der Waals surface area contributed by atoms with Crippen molar-refractivity contribution in [2.75, 3.05) is 7.05 Å². The number of nitrogens with zero attached hydrogens (tertiary/aromatic N) is 1. The number of rotatable bonds is 3. The molecule has 1 aromatic heterocycles. The number of halogens is 1. The highest BCUT2D eigenvalue weighted by molar-refractivity contribution is 9.10. The minimum atomic E-state index is 0.886. The summed E-state index contributed by atoms with van der Waals surface area (Å²) >= 11 is 5.23. The molecule has 0 atom stereocenters. The number of hydrogen-bond donors (Lipinski definition) is 1.